The lowest BCUT2D eigenvalue weighted by molar-refractivity contribution is 0.102. The molecule has 0 fully saturated rings. The van der Waals surface area contributed by atoms with E-state index in [-0.39, 0.29) is 10.9 Å². The van der Waals surface area contributed by atoms with Crippen LogP contribution in [0.3, 0.4) is 0 Å². The Kier molecular flexibility index (Phi) is 4.48. The second kappa shape index (κ2) is 7.09. The van der Waals surface area contributed by atoms with Crippen molar-refractivity contribution in [2.24, 2.45) is 0 Å². The summed E-state index contributed by atoms with van der Waals surface area (Å²) in [6, 6.07) is 14.9. The predicted octanol–water partition coefficient (Wildman–Crippen LogP) is 4.74. The number of anilines is 1. The first-order chi connectivity index (χ1) is 13.1. The topological polar surface area (TPSA) is 67.8 Å². The van der Waals surface area contributed by atoms with Crippen molar-refractivity contribution in [2.75, 3.05) is 5.32 Å². The second-order valence-corrected chi connectivity index (χ2v) is 6.15. The number of fused-ring (bicyclic) bond motifs is 1. The third-order valence-electron chi connectivity index (χ3n) is 4.02. The van der Waals surface area contributed by atoms with Gasteiger partial charge in [0.25, 0.3) is 5.91 Å². The summed E-state index contributed by atoms with van der Waals surface area (Å²) in [4.78, 5) is 25.2. The van der Waals surface area contributed by atoms with Gasteiger partial charge in [-0.1, -0.05) is 29.8 Å². The van der Waals surface area contributed by atoms with Crippen molar-refractivity contribution >= 4 is 34.2 Å². The summed E-state index contributed by atoms with van der Waals surface area (Å²) in [5.41, 5.74) is 2.36. The van der Waals surface area contributed by atoms with Crippen molar-refractivity contribution in [2.45, 2.75) is 0 Å². The van der Waals surface area contributed by atoms with Crippen LogP contribution in [-0.2, 0) is 0 Å². The number of benzene rings is 2. The van der Waals surface area contributed by atoms with Crippen LogP contribution in [0.1, 0.15) is 10.4 Å². The monoisotopic (exact) mass is 378 g/mol. The maximum absolute atomic E-state index is 13.4. The maximum atomic E-state index is 13.4. The number of pyridine rings is 1. The van der Waals surface area contributed by atoms with E-state index in [1.807, 2.05) is 24.3 Å². The van der Waals surface area contributed by atoms with Crippen LogP contribution in [0.2, 0.25) is 5.02 Å². The van der Waals surface area contributed by atoms with Crippen molar-refractivity contribution in [3.8, 4) is 11.3 Å². The van der Waals surface area contributed by atoms with Crippen molar-refractivity contribution in [3.63, 3.8) is 0 Å². The molecule has 0 aliphatic rings. The number of halogens is 2. The predicted molar refractivity (Wildman–Crippen MR) is 102 cm³/mol. The highest BCUT2D eigenvalue weighted by molar-refractivity contribution is 6.31. The molecular weight excluding hydrogens is 367 g/mol. The summed E-state index contributed by atoms with van der Waals surface area (Å²) in [6.07, 6.45) is 2.91. The first-order valence-corrected chi connectivity index (χ1v) is 8.42. The van der Waals surface area contributed by atoms with E-state index in [2.05, 4.69) is 20.3 Å². The highest BCUT2D eigenvalue weighted by Gasteiger charge is 2.12. The third-order valence-corrected chi connectivity index (χ3v) is 4.31. The summed E-state index contributed by atoms with van der Waals surface area (Å²) in [6.45, 7) is 0. The molecule has 0 bridgehead atoms. The molecule has 0 aliphatic heterocycles. The van der Waals surface area contributed by atoms with Crippen LogP contribution in [0.5, 0.6) is 0 Å². The van der Waals surface area contributed by atoms with Crippen LogP contribution in [-0.4, -0.2) is 20.9 Å². The lowest BCUT2D eigenvalue weighted by atomic mass is 10.1. The van der Waals surface area contributed by atoms with Gasteiger partial charge in [-0.25, -0.2) is 14.4 Å². The first kappa shape index (κ1) is 17.1. The molecule has 2 aromatic carbocycles. The summed E-state index contributed by atoms with van der Waals surface area (Å²) in [5, 5.41) is 3.51. The molecule has 5 nitrogen and oxygen atoms in total. The smallest absolute Gasteiger partial charge is 0.257 e. The quantitative estimate of drug-likeness (QED) is 0.559. The Labute approximate surface area is 158 Å². The Morgan fingerprint density at radius 2 is 1.85 bits per heavy atom. The number of para-hydroxylation sites is 1. The summed E-state index contributed by atoms with van der Waals surface area (Å²) in [5.74, 6) is -0.491. The Morgan fingerprint density at radius 3 is 2.70 bits per heavy atom. The molecule has 0 unspecified atom stereocenters. The summed E-state index contributed by atoms with van der Waals surface area (Å²) in [7, 11) is 0. The first-order valence-electron chi connectivity index (χ1n) is 8.04. The third kappa shape index (κ3) is 3.47. The molecule has 4 rings (SSSR count). The van der Waals surface area contributed by atoms with Gasteiger partial charge in [-0.15, -0.1) is 0 Å². The van der Waals surface area contributed by atoms with Crippen LogP contribution in [0.15, 0.2) is 67.1 Å². The lowest BCUT2D eigenvalue weighted by Crippen LogP contribution is -2.13. The van der Waals surface area contributed by atoms with E-state index in [9.17, 15) is 9.18 Å². The maximum Gasteiger partial charge on any atom is 0.257 e. The Hall–Kier alpha value is -3.38. The van der Waals surface area contributed by atoms with Crippen molar-refractivity contribution in [1.29, 1.82) is 0 Å². The van der Waals surface area contributed by atoms with Crippen LogP contribution in [0.4, 0.5) is 10.2 Å². The Balaban J connectivity index is 1.64. The van der Waals surface area contributed by atoms with Crippen LogP contribution < -0.4 is 5.32 Å². The number of amides is 1. The van der Waals surface area contributed by atoms with Gasteiger partial charge in [0.1, 0.15) is 18.0 Å². The summed E-state index contributed by atoms with van der Waals surface area (Å²) >= 11 is 5.83. The van der Waals surface area contributed by atoms with Gasteiger partial charge in [-0.3, -0.25) is 9.78 Å². The van der Waals surface area contributed by atoms with Gasteiger partial charge in [0, 0.05) is 23.2 Å². The molecule has 1 amide bonds. The number of hydrogen-bond donors (Lipinski definition) is 1. The second-order valence-electron chi connectivity index (χ2n) is 5.75. The van der Waals surface area contributed by atoms with E-state index in [1.54, 1.807) is 24.4 Å². The normalized spacial score (nSPS) is 10.7. The minimum absolute atomic E-state index is 0.0000433. The molecular formula is C20H12ClFN4O. The molecule has 1 N–H and O–H groups in total. The van der Waals surface area contributed by atoms with E-state index in [0.29, 0.717) is 22.6 Å². The lowest BCUT2D eigenvalue weighted by Gasteiger charge is -2.08. The van der Waals surface area contributed by atoms with Crippen LogP contribution >= 0.6 is 11.6 Å². The summed E-state index contributed by atoms with van der Waals surface area (Å²) < 4.78 is 13.4. The van der Waals surface area contributed by atoms with E-state index in [1.165, 1.54) is 18.5 Å². The fraction of sp³-hybridized carbons (Fsp3) is 0. The van der Waals surface area contributed by atoms with Crippen molar-refractivity contribution in [1.82, 2.24) is 15.0 Å². The molecule has 2 aromatic heterocycles. The van der Waals surface area contributed by atoms with E-state index < -0.39 is 5.82 Å². The molecule has 0 aliphatic carbocycles. The van der Waals surface area contributed by atoms with Crippen molar-refractivity contribution < 1.29 is 9.18 Å². The van der Waals surface area contributed by atoms with Crippen LogP contribution in [0, 0.1) is 5.82 Å². The van der Waals surface area contributed by atoms with Gasteiger partial charge in [0.2, 0.25) is 0 Å². The number of nitrogens with one attached hydrogen (secondary N) is 1. The number of carbonyl (C=O) groups is 1. The SMILES string of the molecule is O=C(Nc1cc(-c2ccc(F)c(Cl)c2)ncn1)c1ccnc2ccccc12. The molecule has 0 saturated carbocycles. The van der Waals surface area contributed by atoms with Crippen LogP contribution in [0.25, 0.3) is 22.2 Å². The van der Waals surface area contributed by atoms with Gasteiger partial charge < -0.3 is 5.32 Å². The molecule has 0 radical (unpaired) electrons. The molecule has 0 spiro atoms. The van der Waals surface area contributed by atoms with Gasteiger partial charge in [-0.05, 0) is 30.3 Å². The molecule has 2 heterocycles. The standard InChI is InChI=1S/C20H12ClFN4O/c21-15-9-12(5-6-16(15)22)18-10-19(25-11-24-18)26-20(27)14-7-8-23-17-4-2-1-3-13(14)17/h1-11H,(H,24,25,26,27). The number of carbonyl (C=O) groups excluding carboxylic acids is 1. The molecule has 0 saturated heterocycles. The van der Waals surface area contributed by atoms with Gasteiger partial charge in [0.15, 0.2) is 0 Å². The zero-order valence-corrected chi connectivity index (χ0v) is 14.6. The fourth-order valence-electron chi connectivity index (χ4n) is 2.72. The average molecular weight is 379 g/mol. The molecule has 4 aromatic rings. The minimum atomic E-state index is -0.507. The highest BCUT2D eigenvalue weighted by Crippen LogP contribution is 2.25. The Bertz CT molecular complexity index is 1160. The van der Waals surface area contributed by atoms with Gasteiger partial charge in [-0.2, -0.15) is 0 Å². The number of rotatable bonds is 3. The largest absolute Gasteiger partial charge is 0.306 e. The fourth-order valence-corrected chi connectivity index (χ4v) is 2.90. The Morgan fingerprint density at radius 1 is 1.00 bits per heavy atom. The minimum Gasteiger partial charge on any atom is -0.306 e. The highest BCUT2D eigenvalue weighted by atomic mass is 35.5. The van der Waals surface area contributed by atoms with Gasteiger partial charge >= 0.3 is 0 Å². The molecule has 7 heteroatoms. The van der Waals surface area contributed by atoms with E-state index in [0.717, 1.165) is 10.9 Å². The van der Waals surface area contributed by atoms with Crippen molar-refractivity contribution in [3.05, 3.63) is 83.5 Å². The van der Waals surface area contributed by atoms with E-state index in [4.69, 9.17) is 11.6 Å². The molecule has 0 atom stereocenters. The molecule has 27 heavy (non-hydrogen) atoms. The number of nitrogens with zero attached hydrogens (tertiary/aromatic N) is 3. The average Bonchev–Trinajstić information content (AvgIpc) is 2.70. The number of aromatic nitrogens is 3. The zero-order chi connectivity index (χ0) is 18.8. The zero-order valence-electron chi connectivity index (χ0n) is 13.9. The number of hydrogen-bond acceptors (Lipinski definition) is 4. The van der Waals surface area contributed by atoms with E-state index >= 15 is 0 Å². The van der Waals surface area contributed by atoms with Gasteiger partial charge in [0.05, 0.1) is 21.8 Å². The molecule has 132 valence electrons.